The van der Waals surface area contributed by atoms with E-state index >= 15 is 0 Å². The summed E-state index contributed by atoms with van der Waals surface area (Å²) in [4.78, 5) is 2.41. The van der Waals surface area contributed by atoms with E-state index in [-0.39, 0.29) is 5.41 Å². The van der Waals surface area contributed by atoms with Crippen molar-refractivity contribution < 1.29 is 0 Å². The minimum absolute atomic E-state index is 0.108. The van der Waals surface area contributed by atoms with Gasteiger partial charge in [-0.15, -0.1) is 0 Å². The minimum atomic E-state index is -0.108. The van der Waals surface area contributed by atoms with Gasteiger partial charge in [0, 0.05) is 38.9 Å². The molecule has 13 rings (SSSR count). The Morgan fingerprint density at radius 2 is 0.925 bits per heavy atom. The topological polar surface area (TPSA) is 8.17 Å². The number of rotatable bonds is 7. The lowest BCUT2D eigenvalue weighted by Crippen LogP contribution is -2.16. The van der Waals surface area contributed by atoms with Crippen LogP contribution in [0.4, 0.5) is 17.1 Å². The molecule has 12 aromatic rings. The highest BCUT2D eigenvalue weighted by molar-refractivity contribution is 6.16. The fourth-order valence-electron chi connectivity index (χ4n) is 11.3. The van der Waals surface area contributed by atoms with Gasteiger partial charge in [0.1, 0.15) is 0 Å². The molecule has 0 aliphatic heterocycles. The zero-order valence-electron chi connectivity index (χ0n) is 37.5. The van der Waals surface area contributed by atoms with Crippen molar-refractivity contribution in [1.82, 2.24) is 4.57 Å². The third-order valence-corrected chi connectivity index (χ3v) is 14.4. The van der Waals surface area contributed by atoms with Crippen LogP contribution >= 0.6 is 0 Å². The summed E-state index contributed by atoms with van der Waals surface area (Å²) in [5.74, 6) is 0. The molecule has 1 aliphatic rings. The maximum Gasteiger partial charge on any atom is 0.0547 e. The first-order chi connectivity index (χ1) is 33.0. The van der Waals surface area contributed by atoms with E-state index < -0.39 is 0 Å². The molecule has 11 aromatic carbocycles. The molecule has 0 atom stereocenters. The average molecular weight is 855 g/mol. The Balaban J connectivity index is 0.953. The third-order valence-electron chi connectivity index (χ3n) is 14.4. The van der Waals surface area contributed by atoms with Crippen LogP contribution in [0.3, 0.4) is 0 Å². The quantitative estimate of drug-likeness (QED) is 0.145. The smallest absolute Gasteiger partial charge is 0.0547 e. The van der Waals surface area contributed by atoms with E-state index in [0.717, 1.165) is 22.7 Å². The van der Waals surface area contributed by atoms with Crippen molar-refractivity contribution in [2.24, 2.45) is 0 Å². The van der Waals surface area contributed by atoms with Crippen LogP contribution in [0.25, 0.3) is 93.5 Å². The molecule has 0 radical (unpaired) electrons. The summed E-state index contributed by atoms with van der Waals surface area (Å²) in [7, 11) is 0. The van der Waals surface area contributed by atoms with Gasteiger partial charge < -0.3 is 9.47 Å². The SMILES string of the molecule is CC1(C)c2ccccc2-c2cccc(-c3ccc(N(c4ccc(-c5cccc6c5ccc5ccccc56)cc4)c4cccc(-c5cccc6c5c5ccccc5n6-c5ccccc5)c4)cc3)c21. The van der Waals surface area contributed by atoms with Crippen LogP contribution in [-0.4, -0.2) is 4.57 Å². The van der Waals surface area contributed by atoms with E-state index in [1.165, 1.54) is 99.0 Å². The Morgan fingerprint density at radius 3 is 1.75 bits per heavy atom. The normalized spacial score (nSPS) is 12.7. The third kappa shape index (κ3) is 6.18. The Hall–Kier alpha value is -8.46. The molecule has 0 amide bonds. The average Bonchev–Trinajstić information content (AvgIpc) is 3.85. The second-order valence-electron chi connectivity index (χ2n) is 18.5. The van der Waals surface area contributed by atoms with Gasteiger partial charge in [-0.3, -0.25) is 0 Å². The zero-order chi connectivity index (χ0) is 44.6. The number of aromatic nitrogens is 1. The molecule has 2 heteroatoms. The number of fused-ring (bicyclic) bond motifs is 9. The lowest BCUT2D eigenvalue weighted by atomic mass is 9.79. The molecule has 316 valence electrons. The molecule has 0 unspecified atom stereocenters. The van der Waals surface area contributed by atoms with E-state index in [1.807, 2.05) is 0 Å². The molecule has 0 saturated carbocycles. The Bertz CT molecular complexity index is 3870. The lowest BCUT2D eigenvalue weighted by molar-refractivity contribution is 0.662. The summed E-state index contributed by atoms with van der Waals surface area (Å²) in [6.07, 6.45) is 0. The van der Waals surface area contributed by atoms with Crippen LogP contribution in [0.5, 0.6) is 0 Å². The maximum atomic E-state index is 2.41. The summed E-state index contributed by atoms with van der Waals surface area (Å²) in [5, 5.41) is 7.57. The molecule has 1 aromatic heterocycles. The second-order valence-corrected chi connectivity index (χ2v) is 18.5. The highest BCUT2D eigenvalue weighted by atomic mass is 15.1. The molecule has 0 bridgehead atoms. The predicted octanol–water partition coefficient (Wildman–Crippen LogP) is 17.9. The van der Waals surface area contributed by atoms with Gasteiger partial charge in [-0.25, -0.2) is 0 Å². The summed E-state index contributed by atoms with van der Waals surface area (Å²) < 4.78 is 2.40. The molecule has 2 nitrogen and oxygen atoms in total. The van der Waals surface area contributed by atoms with Crippen molar-refractivity contribution in [2.45, 2.75) is 19.3 Å². The van der Waals surface area contributed by atoms with Gasteiger partial charge in [0.25, 0.3) is 0 Å². The van der Waals surface area contributed by atoms with Gasteiger partial charge in [0.2, 0.25) is 0 Å². The molecule has 67 heavy (non-hydrogen) atoms. The first-order valence-electron chi connectivity index (χ1n) is 23.3. The summed E-state index contributed by atoms with van der Waals surface area (Å²) >= 11 is 0. The van der Waals surface area contributed by atoms with Gasteiger partial charge >= 0.3 is 0 Å². The van der Waals surface area contributed by atoms with Crippen LogP contribution in [-0.2, 0) is 5.41 Å². The summed E-state index contributed by atoms with van der Waals surface area (Å²) in [6.45, 7) is 4.74. The van der Waals surface area contributed by atoms with Gasteiger partial charge in [-0.2, -0.15) is 0 Å². The number of para-hydroxylation sites is 2. The zero-order valence-corrected chi connectivity index (χ0v) is 37.5. The fraction of sp³-hybridized carbons (Fsp3) is 0.0462. The molecule has 0 spiro atoms. The van der Waals surface area contributed by atoms with Crippen LogP contribution in [0.1, 0.15) is 25.0 Å². The van der Waals surface area contributed by atoms with E-state index in [4.69, 9.17) is 0 Å². The van der Waals surface area contributed by atoms with Crippen molar-refractivity contribution in [3.8, 4) is 50.2 Å². The molecular formula is C65H46N2. The highest BCUT2D eigenvalue weighted by Gasteiger charge is 2.37. The van der Waals surface area contributed by atoms with E-state index in [0.29, 0.717) is 0 Å². The molecule has 0 N–H and O–H groups in total. The maximum absolute atomic E-state index is 2.41. The number of hydrogen-bond donors (Lipinski definition) is 0. The largest absolute Gasteiger partial charge is 0.310 e. The fourth-order valence-corrected chi connectivity index (χ4v) is 11.3. The first kappa shape index (κ1) is 39.0. The summed E-state index contributed by atoms with van der Waals surface area (Å²) in [6, 6.07) is 89.3. The molecule has 1 aliphatic carbocycles. The van der Waals surface area contributed by atoms with Crippen LogP contribution in [0.15, 0.2) is 243 Å². The van der Waals surface area contributed by atoms with Crippen molar-refractivity contribution in [1.29, 1.82) is 0 Å². The number of benzene rings is 11. The van der Waals surface area contributed by atoms with E-state index in [2.05, 4.69) is 266 Å². The van der Waals surface area contributed by atoms with E-state index in [1.54, 1.807) is 0 Å². The Kier molecular flexibility index (Phi) is 8.91. The Morgan fingerprint density at radius 1 is 0.343 bits per heavy atom. The number of anilines is 3. The van der Waals surface area contributed by atoms with Crippen molar-refractivity contribution >= 4 is 60.4 Å². The minimum Gasteiger partial charge on any atom is -0.310 e. The molecule has 0 fully saturated rings. The van der Waals surface area contributed by atoms with Gasteiger partial charge in [-0.1, -0.05) is 196 Å². The van der Waals surface area contributed by atoms with Crippen LogP contribution in [0, 0.1) is 0 Å². The van der Waals surface area contributed by atoms with Crippen LogP contribution < -0.4 is 4.90 Å². The van der Waals surface area contributed by atoms with Crippen molar-refractivity contribution in [3.63, 3.8) is 0 Å². The van der Waals surface area contributed by atoms with Crippen LogP contribution in [0.2, 0.25) is 0 Å². The molecular weight excluding hydrogens is 809 g/mol. The predicted molar refractivity (Wildman–Crippen MR) is 284 cm³/mol. The van der Waals surface area contributed by atoms with Gasteiger partial charge in [0.15, 0.2) is 0 Å². The highest BCUT2D eigenvalue weighted by Crippen LogP contribution is 2.52. The second kappa shape index (κ2) is 15.3. The van der Waals surface area contributed by atoms with Gasteiger partial charge in [0.05, 0.1) is 11.0 Å². The molecule has 0 saturated heterocycles. The van der Waals surface area contributed by atoms with Crippen molar-refractivity contribution in [2.75, 3.05) is 4.90 Å². The first-order valence-corrected chi connectivity index (χ1v) is 23.3. The standard InChI is InChI=1S/C65H46N2/c1-65(2)60-29-10-8-22-57(60)58-28-14-26-54(64(58)65)45-34-39-49(40-35-45)66(48-37-32-44(33-38-48)52-24-13-27-55-51-21-7-6-16-43(51)36-41-56(52)55)50-20-12-17-46(42-50)53-25-15-31-62-63(53)59-23-9-11-30-61(59)67(62)47-18-4-3-5-19-47/h3-42H,1-2H3. The lowest BCUT2D eigenvalue weighted by Gasteiger charge is -2.27. The monoisotopic (exact) mass is 854 g/mol. The molecule has 1 heterocycles. The van der Waals surface area contributed by atoms with Gasteiger partial charge in [-0.05, 0) is 138 Å². The number of hydrogen-bond acceptors (Lipinski definition) is 1. The number of nitrogens with zero attached hydrogens (tertiary/aromatic N) is 2. The Labute approximate surface area is 391 Å². The summed E-state index contributed by atoms with van der Waals surface area (Å²) in [5.41, 5.74) is 19.5. The van der Waals surface area contributed by atoms with Crippen molar-refractivity contribution in [3.05, 3.63) is 254 Å². The van der Waals surface area contributed by atoms with E-state index in [9.17, 15) is 0 Å².